The van der Waals surface area contributed by atoms with Gasteiger partial charge in [0.15, 0.2) is 0 Å². The molecule has 8 nitrogen and oxygen atoms in total. The van der Waals surface area contributed by atoms with E-state index in [0.29, 0.717) is 36.8 Å². The third-order valence-corrected chi connectivity index (χ3v) is 5.00. The van der Waals surface area contributed by atoms with Crippen LogP contribution in [0.4, 0.5) is 11.4 Å². The van der Waals surface area contributed by atoms with Crippen LogP contribution >= 0.6 is 11.6 Å². The molecule has 3 rings (SSSR count). The summed E-state index contributed by atoms with van der Waals surface area (Å²) in [6.07, 6.45) is 2.72. The van der Waals surface area contributed by atoms with E-state index in [9.17, 15) is 19.7 Å². The zero-order valence-corrected chi connectivity index (χ0v) is 16.9. The van der Waals surface area contributed by atoms with Crippen LogP contribution < -0.4 is 10.2 Å². The number of hydrogen-bond donors (Lipinski definition) is 1. The fraction of sp³-hybridized carbons (Fsp3) is 0.238. The van der Waals surface area contributed by atoms with Crippen LogP contribution in [-0.2, 0) is 9.59 Å². The number of nitro groups is 1. The number of anilines is 1. The smallest absolute Gasteiger partial charge is 0.270 e. The van der Waals surface area contributed by atoms with Crippen molar-refractivity contribution >= 4 is 40.9 Å². The second-order valence-corrected chi connectivity index (χ2v) is 7.18. The number of hydrogen-bond acceptors (Lipinski definition) is 5. The summed E-state index contributed by atoms with van der Waals surface area (Å²) in [6, 6.07) is 13.5. The van der Waals surface area contributed by atoms with Crippen LogP contribution in [-0.4, -0.2) is 54.4 Å². The fourth-order valence-corrected chi connectivity index (χ4v) is 3.24. The minimum absolute atomic E-state index is 0.0505. The van der Waals surface area contributed by atoms with Crippen molar-refractivity contribution in [3.63, 3.8) is 0 Å². The van der Waals surface area contributed by atoms with Crippen molar-refractivity contribution in [3.05, 3.63) is 75.3 Å². The number of nitrogens with one attached hydrogen (secondary N) is 1. The van der Waals surface area contributed by atoms with Gasteiger partial charge in [0.1, 0.15) is 0 Å². The van der Waals surface area contributed by atoms with Crippen LogP contribution in [0.25, 0.3) is 6.08 Å². The maximum absolute atomic E-state index is 12.4. The molecule has 30 heavy (non-hydrogen) atoms. The van der Waals surface area contributed by atoms with Gasteiger partial charge in [-0.2, -0.15) is 0 Å². The van der Waals surface area contributed by atoms with E-state index in [4.69, 9.17) is 11.6 Å². The zero-order valence-electron chi connectivity index (χ0n) is 16.2. The first kappa shape index (κ1) is 21.3. The molecule has 1 N–H and O–H groups in total. The Kier molecular flexibility index (Phi) is 7.03. The normalized spacial score (nSPS) is 14.0. The first-order valence-corrected chi connectivity index (χ1v) is 9.79. The number of nitrogens with zero attached hydrogens (tertiary/aromatic N) is 3. The van der Waals surface area contributed by atoms with Crippen LogP contribution in [0.2, 0.25) is 5.02 Å². The Balaban J connectivity index is 1.44. The molecule has 0 saturated carbocycles. The van der Waals surface area contributed by atoms with Gasteiger partial charge in [-0.05, 0) is 35.9 Å². The van der Waals surface area contributed by atoms with Gasteiger partial charge in [0.05, 0.1) is 11.5 Å². The molecule has 1 saturated heterocycles. The summed E-state index contributed by atoms with van der Waals surface area (Å²) in [5.41, 5.74) is 1.54. The predicted octanol–water partition coefficient (Wildman–Crippen LogP) is 2.73. The Morgan fingerprint density at radius 1 is 1.10 bits per heavy atom. The first-order chi connectivity index (χ1) is 14.4. The van der Waals surface area contributed by atoms with Crippen molar-refractivity contribution in [2.24, 2.45) is 0 Å². The Hall–Kier alpha value is -3.39. The second-order valence-electron chi connectivity index (χ2n) is 6.75. The second kappa shape index (κ2) is 9.89. The van der Waals surface area contributed by atoms with E-state index < -0.39 is 10.8 Å². The number of carbonyl (C=O) groups excluding carboxylic acids is 2. The molecule has 9 heteroatoms. The van der Waals surface area contributed by atoms with Crippen LogP contribution in [0.5, 0.6) is 0 Å². The number of rotatable bonds is 6. The van der Waals surface area contributed by atoms with Crippen LogP contribution in [0.1, 0.15) is 5.56 Å². The molecule has 0 radical (unpaired) electrons. The molecular formula is C21H21ClN4O4. The summed E-state index contributed by atoms with van der Waals surface area (Å²) in [6.45, 7) is 2.45. The van der Waals surface area contributed by atoms with Gasteiger partial charge in [-0.15, -0.1) is 0 Å². The highest BCUT2D eigenvalue weighted by Crippen LogP contribution is 2.19. The first-order valence-electron chi connectivity index (χ1n) is 9.41. The van der Waals surface area contributed by atoms with Crippen molar-refractivity contribution in [3.8, 4) is 0 Å². The van der Waals surface area contributed by atoms with E-state index in [-0.39, 0.29) is 18.1 Å². The Morgan fingerprint density at radius 2 is 1.80 bits per heavy atom. The van der Waals surface area contributed by atoms with Gasteiger partial charge in [-0.1, -0.05) is 23.7 Å². The monoisotopic (exact) mass is 428 g/mol. The molecule has 0 bridgehead atoms. The summed E-state index contributed by atoms with van der Waals surface area (Å²) < 4.78 is 0. The van der Waals surface area contributed by atoms with Gasteiger partial charge in [0.25, 0.3) is 5.69 Å². The minimum atomic E-state index is -0.497. The number of halogens is 1. The highest BCUT2D eigenvalue weighted by atomic mass is 35.5. The van der Waals surface area contributed by atoms with Crippen LogP contribution in [0.3, 0.4) is 0 Å². The predicted molar refractivity (Wildman–Crippen MR) is 115 cm³/mol. The average Bonchev–Trinajstić information content (AvgIpc) is 2.77. The lowest BCUT2D eigenvalue weighted by molar-refractivity contribution is -0.384. The van der Waals surface area contributed by atoms with Gasteiger partial charge >= 0.3 is 0 Å². The molecule has 1 aliphatic heterocycles. The lowest BCUT2D eigenvalue weighted by atomic mass is 10.2. The molecular weight excluding hydrogens is 408 g/mol. The molecule has 0 aromatic heterocycles. The summed E-state index contributed by atoms with van der Waals surface area (Å²) >= 11 is 5.91. The molecule has 2 amide bonds. The number of benzene rings is 2. The highest BCUT2D eigenvalue weighted by Gasteiger charge is 2.21. The number of carbonyl (C=O) groups is 2. The van der Waals surface area contributed by atoms with Gasteiger partial charge < -0.3 is 15.1 Å². The summed E-state index contributed by atoms with van der Waals surface area (Å²) in [4.78, 5) is 38.5. The molecule has 1 heterocycles. The van der Waals surface area contributed by atoms with E-state index in [1.165, 1.54) is 24.3 Å². The fourth-order valence-electron chi connectivity index (χ4n) is 3.11. The van der Waals surface area contributed by atoms with Crippen molar-refractivity contribution in [2.75, 3.05) is 37.6 Å². The van der Waals surface area contributed by atoms with Crippen LogP contribution in [0, 0.1) is 10.1 Å². The lowest BCUT2D eigenvalue weighted by Gasteiger charge is -2.36. The molecule has 0 atom stereocenters. The summed E-state index contributed by atoms with van der Waals surface area (Å²) in [7, 11) is 0. The molecule has 2 aromatic carbocycles. The lowest BCUT2D eigenvalue weighted by Crippen LogP contribution is -2.51. The van der Waals surface area contributed by atoms with Crippen molar-refractivity contribution in [2.45, 2.75) is 0 Å². The molecule has 0 spiro atoms. The van der Waals surface area contributed by atoms with E-state index in [1.807, 2.05) is 24.3 Å². The Labute approximate surface area is 178 Å². The molecule has 1 fully saturated rings. The number of nitro benzene ring substituents is 1. The summed E-state index contributed by atoms with van der Waals surface area (Å²) in [5.74, 6) is -0.586. The molecule has 1 aliphatic rings. The highest BCUT2D eigenvalue weighted by molar-refractivity contribution is 6.30. The third-order valence-electron chi connectivity index (χ3n) is 4.75. The molecule has 0 unspecified atom stereocenters. The maximum atomic E-state index is 12.4. The third kappa shape index (κ3) is 5.81. The minimum Gasteiger partial charge on any atom is -0.368 e. The van der Waals surface area contributed by atoms with E-state index >= 15 is 0 Å². The molecule has 2 aromatic rings. The zero-order chi connectivity index (χ0) is 21.5. The van der Waals surface area contributed by atoms with Crippen molar-refractivity contribution in [1.29, 1.82) is 0 Å². The SMILES string of the molecule is O=C(/C=C/c1cccc([N+](=O)[O-])c1)NCC(=O)N1CCN(c2ccc(Cl)cc2)CC1. The van der Waals surface area contributed by atoms with Crippen LogP contribution in [0.15, 0.2) is 54.6 Å². The Bertz CT molecular complexity index is 954. The quantitative estimate of drug-likeness (QED) is 0.433. The van der Waals surface area contributed by atoms with Gasteiger partial charge in [-0.3, -0.25) is 19.7 Å². The topological polar surface area (TPSA) is 95.8 Å². The standard InChI is InChI=1S/C21H21ClN4O4/c22-17-5-7-18(8-6-17)24-10-12-25(13-11-24)21(28)15-23-20(27)9-4-16-2-1-3-19(14-16)26(29)30/h1-9,14H,10-13,15H2,(H,23,27)/b9-4+. The van der Waals surface area contributed by atoms with E-state index in [2.05, 4.69) is 10.2 Å². The molecule has 0 aliphatic carbocycles. The van der Waals surface area contributed by atoms with Crippen molar-refractivity contribution in [1.82, 2.24) is 10.2 Å². The molecule has 156 valence electrons. The average molecular weight is 429 g/mol. The number of piperazine rings is 1. The van der Waals surface area contributed by atoms with E-state index in [0.717, 1.165) is 5.69 Å². The Morgan fingerprint density at radius 3 is 2.47 bits per heavy atom. The number of non-ortho nitro benzene ring substituents is 1. The largest absolute Gasteiger partial charge is 0.368 e. The van der Waals surface area contributed by atoms with Gasteiger partial charge in [0, 0.05) is 55.1 Å². The van der Waals surface area contributed by atoms with Crippen molar-refractivity contribution < 1.29 is 14.5 Å². The maximum Gasteiger partial charge on any atom is 0.270 e. The number of amides is 2. The van der Waals surface area contributed by atoms with Gasteiger partial charge in [-0.25, -0.2) is 0 Å². The van der Waals surface area contributed by atoms with Gasteiger partial charge in [0.2, 0.25) is 11.8 Å². The van der Waals surface area contributed by atoms with E-state index in [1.54, 1.807) is 17.0 Å². The summed E-state index contributed by atoms with van der Waals surface area (Å²) in [5, 5.41) is 14.0.